The third-order valence-corrected chi connectivity index (χ3v) is 1.86. The summed E-state index contributed by atoms with van der Waals surface area (Å²) in [6.45, 7) is 0. The van der Waals surface area contributed by atoms with Crippen LogP contribution in [0.5, 0.6) is 0 Å². The van der Waals surface area contributed by atoms with Gasteiger partial charge in [0, 0.05) is 5.92 Å². The van der Waals surface area contributed by atoms with E-state index in [-0.39, 0.29) is 5.82 Å². The fraction of sp³-hybridized carbons (Fsp3) is 0.571. The third kappa shape index (κ3) is 1.67. The summed E-state index contributed by atoms with van der Waals surface area (Å²) in [6.07, 6.45) is 2.25. The molecule has 0 spiro atoms. The van der Waals surface area contributed by atoms with E-state index in [9.17, 15) is 4.79 Å². The molecule has 6 nitrogen and oxygen atoms in total. The van der Waals surface area contributed by atoms with Crippen molar-refractivity contribution in [2.45, 2.75) is 18.8 Å². The van der Waals surface area contributed by atoms with Crippen molar-refractivity contribution in [1.29, 1.82) is 0 Å². The maximum absolute atomic E-state index is 11.1. The topological polar surface area (TPSA) is 79.9 Å². The third-order valence-electron chi connectivity index (χ3n) is 1.86. The zero-order valence-corrected chi connectivity index (χ0v) is 7.20. The molecule has 1 heterocycles. The average Bonchev–Trinajstić information content (AvgIpc) is 2.84. The minimum absolute atomic E-state index is 0.128. The molecule has 0 saturated heterocycles. The van der Waals surface area contributed by atoms with Crippen LogP contribution in [-0.2, 0) is 4.84 Å². The fourth-order valence-electron chi connectivity index (χ4n) is 1.05. The lowest BCUT2D eigenvalue weighted by Gasteiger charge is -1.94. The van der Waals surface area contributed by atoms with Gasteiger partial charge < -0.3 is 0 Å². The van der Waals surface area contributed by atoms with Crippen LogP contribution >= 0.6 is 0 Å². The van der Waals surface area contributed by atoms with E-state index in [1.807, 2.05) is 0 Å². The predicted molar refractivity (Wildman–Crippen MR) is 42.8 cm³/mol. The van der Waals surface area contributed by atoms with Gasteiger partial charge in [-0.3, -0.25) is 14.7 Å². The molecule has 1 aliphatic carbocycles. The van der Waals surface area contributed by atoms with Crippen molar-refractivity contribution in [3.05, 3.63) is 11.6 Å². The highest BCUT2D eigenvalue weighted by molar-refractivity contribution is 5.89. The quantitative estimate of drug-likeness (QED) is 0.643. The highest BCUT2D eigenvalue weighted by atomic mass is 16.6. The maximum Gasteiger partial charge on any atom is 0.314 e. The summed E-state index contributed by atoms with van der Waals surface area (Å²) in [4.78, 5) is 19.6. The number of amides is 1. The van der Waals surface area contributed by atoms with E-state index in [2.05, 4.69) is 25.5 Å². The Balaban J connectivity index is 2.07. The van der Waals surface area contributed by atoms with E-state index < -0.39 is 5.91 Å². The molecule has 1 aromatic rings. The number of H-pyrrole nitrogens is 1. The Labute approximate surface area is 74.6 Å². The summed E-state index contributed by atoms with van der Waals surface area (Å²) < 4.78 is 0. The van der Waals surface area contributed by atoms with Gasteiger partial charge >= 0.3 is 5.91 Å². The molecule has 1 saturated carbocycles. The first-order valence-corrected chi connectivity index (χ1v) is 4.07. The zero-order chi connectivity index (χ0) is 9.26. The van der Waals surface area contributed by atoms with Gasteiger partial charge in [-0.05, 0) is 12.8 Å². The lowest BCUT2D eigenvalue weighted by atomic mass is 10.4. The van der Waals surface area contributed by atoms with Gasteiger partial charge in [0.05, 0.1) is 7.11 Å². The number of hydrogen-bond donors (Lipinski definition) is 2. The minimum Gasteiger partial charge on any atom is -0.277 e. The summed E-state index contributed by atoms with van der Waals surface area (Å²) in [7, 11) is 1.37. The lowest BCUT2D eigenvalue weighted by molar-refractivity contribution is 0.0527. The molecule has 0 radical (unpaired) electrons. The first-order chi connectivity index (χ1) is 6.31. The number of carbonyl (C=O) groups is 1. The highest BCUT2D eigenvalue weighted by Gasteiger charge is 2.28. The van der Waals surface area contributed by atoms with Crippen molar-refractivity contribution in [3.63, 3.8) is 0 Å². The Bertz CT molecular complexity index is 318. The fourth-order valence-corrected chi connectivity index (χ4v) is 1.05. The van der Waals surface area contributed by atoms with Gasteiger partial charge in [-0.15, -0.1) is 5.10 Å². The number of hydrogen-bond acceptors (Lipinski definition) is 4. The van der Waals surface area contributed by atoms with Crippen LogP contribution in [0.4, 0.5) is 0 Å². The summed E-state index contributed by atoms with van der Waals surface area (Å²) in [5.74, 6) is 0.965. The Morgan fingerprint density at radius 1 is 1.69 bits per heavy atom. The number of carbonyl (C=O) groups excluding carboxylic acids is 1. The van der Waals surface area contributed by atoms with Crippen LogP contribution in [0.25, 0.3) is 0 Å². The van der Waals surface area contributed by atoms with E-state index in [0.29, 0.717) is 5.92 Å². The number of hydroxylamine groups is 1. The van der Waals surface area contributed by atoms with Crippen LogP contribution in [0.15, 0.2) is 0 Å². The van der Waals surface area contributed by atoms with Crippen molar-refractivity contribution in [1.82, 2.24) is 20.7 Å². The van der Waals surface area contributed by atoms with Crippen LogP contribution in [0.2, 0.25) is 0 Å². The number of nitrogens with zero attached hydrogens (tertiary/aromatic N) is 2. The number of aromatic amines is 1. The second kappa shape index (κ2) is 3.14. The Kier molecular flexibility index (Phi) is 1.97. The van der Waals surface area contributed by atoms with Crippen LogP contribution in [0.1, 0.15) is 35.2 Å². The van der Waals surface area contributed by atoms with Crippen molar-refractivity contribution >= 4 is 5.91 Å². The molecule has 0 atom stereocenters. The second-order valence-electron chi connectivity index (χ2n) is 2.95. The molecular weight excluding hydrogens is 172 g/mol. The summed E-state index contributed by atoms with van der Waals surface area (Å²) in [5, 5.41) is 6.50. The van der Waals surface area contributed by atoms with Crippen molar-refractivity contribution in [3.8, 4) is 0 Å². The largest absolute Gasteiger partial charge is 0.314 e. The molecular formula is C7H10N4O2. The first kappa shape index (κ1) is 8.18. The molecule has 1 aliphatic rings. The molecule has 1 amide bonds. The van der Waals surface area contributed by atoms with Gasteiger partial charge in [0.2, 0.25) is 5.82 Å². The normalized spacial score (nSPS) is 15.8. The monoisotopic (exact) mass is 182 g/mol. The molecule has 0 aliphatic heterocycles. The van der Waals surface area contributed by atoms with Crippen LogP contribution in [0, 0.1) is 0 Å². The Morgan fingerprint density at radius 2 is 2.46 bits per heavy atom. The summed E-state index contributed by atoms with van der Waals surface area (Å²) in [5.41, 5.74) is 2.15. The summed E-state index contributed by atoms with van der Waals surface area (Å²) in [6, 6.07) is 0. The first-order valence-electron chi connectivity index (χ1n) is 4.07. The molecule has 0 unspecified atom stereocenters. The predicted octanol–water partition coefficient (Wildman–Crippen LogP) is -0.0267. The van der Waals surface area contributed by atoms with Gasteiger partial charge in [-0.1, -0.05) is 0 Å². The molecule has 0 bridgehead atoms. The van der Waals surface area contributed by atoms with Crippen molar-refractivity contribution in [2.75, 3.05) is 7.11 Å². The van der Waals surface area contributed by atoms with Gasteiger partial charge in [0.15, 0.2) is 0 Å². The smallest absolute Gasteiger partial charge is 0.277 e. The number of rotatable bonds is 3. The SMILES string of the molecule is CONC(=O)c1n[nH]c(C2CC2)n1. The maximum atomic E-state index is 11.1. The van der Waals surface area contributed by atoms with E-state index >= 15 is 0 Å². The Morgan fingerprint density at radius 3 is 3.08 bits per heavy atom. The second-order valence-corrected chi connectivity index (χ2v) is 2.95. The highest BCUT2D eigenvalue weighted by Crippen LogP contribution is 2.37. The molecule has 1 aromatic heterocycles. The van der Waals surface area contributed by atoms with E-state index in [1.165, 1.54) is 7.11 Å². The van der Waals surface area contributed by atoms with E-state index in [4.69, 9.17) is 0 Å². The molecule has 2 N–H and O–H groups in total. The average molecular weight is 182 g/mol. The molecule has 70 valence electrons. The summed E-state index contributed by atoms with van der Waals surface area (Å²) >= 11 is 0. The van der Waals surface area contributed by atoms with Gasteiger partial charge in [0.25, 0.3) is 0 Å². The van der Waals surface area contributed by atoms with E-state index in [0.717, 1.165) is 18.7 Å². The van der Waals surface area contributed by atoms with Gasteiger partial charge in [0.1, 0.15) is 5.82 Å². The zero-order valence-electron chi connectivity index (χ0n) is 7.20. The van der Waals surface area contributed by atoms with Crippen molar-refractivity contribution < 1.29 is 9.63 Å². The number of nitrogens with one attached hydrogen (secondary N) is 2. The number of aromatic nitrogens is 3. The molecule has 2 rings (SSSR count). The lowest BCUT2D eigenvalue weighted by Crippen LogP contribution is -2.23. The standard InChI is InChI=1S/C7H10N4O2/c1-13-11-7(12)6-8-5(9-10-6)4-2-3-4/h4H,2-3H2,1H3,(H,11,12)(H,8,9,10). The Hall–Kier alpha value is -1.43. The van der Waals surface area contributed by atoms with Gasteiger partial charge in [-0.25, -0.2) is 10.5 Å². The van der Waals surface area contributed by atoms with Crippen molar-refractivity contribution in [2.24, 2.45) is 0 Å². The van der Waals surface area contributed by atoms with Crippen LogP contribution in [0.3, 0.4) is 0 Å². The molecule has 0 aromatic carbocycles. The van der Waals surface area contributed by atoms with E-state index in [1.54, 1.807) is 0 Å². The van der Waals surface area contributed by atoms with Crippen LogP contribution in [-0.4, -0.2) is 28.2 Å². The van der Waals surface area contributed by atoms with Crippen LogP contribution < -0.4 is 5.48 Å². The molecule has 6 heteroatoms. The molecule has 1 fully saturated rings. The minimum atomic E-state index is -0.425. The molecule has 13 heavy (non-hydrogen) atoms. The van der Waals surface area contributed by atoms with Gasteiger partial charge in [-0.2, -0.15) is 0 Å².